The van der Waals surface area contributed by atoms with Crippen LogP contribution in [0, 0.1) is 0 Å². The van der Waals surface area contributed by atoms with Crippen molar-refractivity contribution in [3.63, 3.8) is 0 Å². The molecule has 2 N–H and O–H groups in total. The molecule has 0 aromatic heterocycles. The minimum absolute atomic E-state index is 0.199. The summed E-state index contributed by atoms with van der Waals surface area (Å²) < 4.78 is 5.17. The van der Waals surface area contributed by atoms with Crippen molar-refractivity contribution in [2.75, 3.05) is 12.4 Å². The van der Waals surface area contributed by atoms with E-state index in [1.54, 1.807) is 31.4 Å². The lowest BCUT2D eigenvalue weighted by Crippen LogP contribution is -2.41. The van der Waals surface area contributed by atoms with Crippen LogP contribution in [0.1, 0.15) is 12.5 Å². The molecule has 2 rings (SSSR count). The van der Waals surface area contributed by atoms with Crippen LogP contribution in [0.15, 0.2) is 48.5 Å². The number of anilines is 1. The summed E-state index contributed by atoms with van der Waals surface area (Å²) in [5, 5.41) is 5.68. The van der Waals surface area contributed by atoms with Gasteiger partial charge in [-0.25, -0.2) is 0 Å². The van der Waals surface area contributed by atoms with Gasteiger partial charge in [0.15, 0.2) is 0 Å². The standard InChI is InChI=1S/C18H19ClN2O3/c1-12(9-13-5-3-8-16(10-13)24-2)20-17(22)18(23)21-15-7-4-6-14(19)11-15/h3-8,10-12H,9H2,1-2H3,(H,20,22)(H,21,23). The zero-order valence-electron chi connectivity index (χ0n) is 13.5. The predicted octanol–water partition coefficient (Wildman–Crippen LogP) is 3.03. The molecule has 2 amide bonds. The number of methoxy groups -OCH3 is 1. The lowest BCUT2D eigenvalue weighted by Gasteiger charge is -2.14. The van der Waals surface area contributed by atoms with Crippen molar-refractivity contribution in [1.82, 2.24) is 5.32 Å². The SMILES string of the molecule is COc1cccc(CC(C)NC(=O)C(=O)Nc2cccc(Cl)c2)c1. The van der Waals surface area contributed by atoms with Gasteiger partial charge >= 0.3 is 11.8 Å². The van der Waals surface area contributed by atoms with Crippen molar-refractivity contribution in [3.8, 4) is 5.75 Å². The summed E-state index contributed by atoms with van der Waals surface area (Å²) in [6.07, 6.45) is 0.591. The molecule has 126 valence electrons. The number of ether oxygens (including phenoxy) is 1. The maximum Gasteiger partial charge on any atom is 0.313 e. The van der Waals surface area contributed by atoms with Crippen LogP contribution < -0.4 is 15.4 Å². The smallest absolute Gasteiger partial charge is 0.313 e. The van der Waals surface area contributed by atoms with E-state index < -0.39 is 11.8 Å². The van der Waals surface area contributed by atoms with Gasteiger partial charge in [-0.2, -0.15) is 0 Å². The number of amides is 2. The molecule has 0 aliphatic carbocycles. The largest absolute Gasteiger partial charge is 0.497 e. The average molecular weight is 347 g/mol. The molecule has 0 spiro atoms. The first kappa shape index (κ1) is 17.8. The number of hydrogen-bond donors (Lipinski definition) is 2. The van der Waals surface area contributed by atoms with Crippen molar-refractivity contribution in [2.45, 2.75) is 19.4 Å². The van der Waals surface area contributed by atoms with Gasteiger partial charge in [-0.1, -0.05) is 29.8 Å². The van der Waals surface area contributed by atoms with Crippen LogP contribution in [0.4, 0.5) is 5.69 Å². The van der Waals surface area contributed by atoms with Crippen LogP contribution in [-0.4, -0.2) is 25.0 Å². The third kappa shape index (κ3) is 5.28. The van der Waals surface area contributed by atoms with Crippen LogP contribution in [0.5, 0.6) is 5.75 Å². The predicted molar refractivity (Wildman–Crippen MR) is 94.4 cm³/mol. The maximum absolute atomic E-state index is 12.0. The van der Waals surface area contributed by atoms with E-state index in [1.807, 2.05) is 31.2 Å². The Morgan fingerprint density at radius 2 is 1.88 bits per heavy atom. The molecule has 5 nitrogen and oxygen atoms in total. The number of hydrogen-bond acceptors (Lipinski definition) is 3. The second kappa shape index (κ2) is 8.36. The fraction of sp³-hybridized carbons (Fsp3) is 0.222. The second-order valence-electron chi connectivity index (χ2n) is 5.39. The first-order chi connectivity index (χ1) is 11.5. The highest BCUT2D eigenvalue weighted by Crippen LogP contribution is 2.15. The third-order valence-electron chi connectivity index (χ3n) is 3.34. The Labute approximate surface area is 146 Å². The van der Waals surface area contributed by atoms with Crippen LogP contribution >= 0.6 is 11.6 Å². The number of carbonyl (C=O) groups is 2. The Morgan fingerprint density at radius 1 is 1.12 bits per heavy atom. The van der Waals surface area contributed by atoms with E-state index in [4.69, 9.17) is 16.3 Å². The van der Waals surface area contributed by atoms with Gasteiger partial charge in [0.2, 0.25) is 0 Å². The summed E-state index contributed by atoms with van der Waals surface area (Å²) in [5.74, 6) is -0.662. The number of benzene rings is 2. The van der Waals surface area contributed by atoms with E-state index in [9.17, 15) is 9.59 Å². The fourth-order valence-corrected chi connectivity index (χ4v) is 2.44. The fourth-order valence-electron chi connectivity index (χ4n) is 2.25. The Hall–Kier alpha value is -2.53. The molecule has 0 aliphatic rings. The van der Waals surface area contributed by atoms with Gasteiger partial charge < -0.3 is 15.4 Å². The molecule has 0 radical (unpaired) electrons. The highest BCUT2D eigenvalue weighted by molar-refractivity contribution is 6.40. The molecule has 0 aliphatic heterocycles. The van der Waals surface area contributed by atoms with E-state index in [2.05, 4.69) is 10.6 Å². The molecule has 0 fully saturated rings. The van der Waals surface area contributed by atoms with Gasteiger partial charge in [-0.05, 0) is 49.2 Å². The quantitative estimate of drug-likeness (QED) is 0.818. The first-order valence-corrected chi connectivity index (χ1v) is 7.86. The first-order valence-electron chi connectivity index (χ1n) is 7.48. The van der Waals surface area contributed by atoms with Gasteiger partial charge in [0.25, 0.3) is 0 Å². The van der Waals surface area contributed by atoms with Crippen molar-refractivity contribution in [2.24, 2.45) is 0 Å². The van der Waals surface area contributed by atoms with Crippen LogP contribution in [0.2, 0.25) is 5.02 Å². The van der Waals surface area contributed by atoms with Gasteiger partial charge in [-0.3, -0.25) is 9.59 Å². The highest BCUT2D eigenvalue weighted by atomic mass is 35.5. The molecule has 1 unspecified atom stereocenters. The summed E-state index contributed by atoms with van der Waals surface area (Å²) in [6, 6.07) is 14.0. The summed E-state index contributed by atoms with van der Waals surface area (Å²) in [6.45, 7) is 1.84. The number of nitrogens with one attached hydrogen (secondary N) is 2. The lowest BCUT2D eigenvalue weighted by atomic mass is 10.1. The second-order valence-corrected chi connectivity index (χ2v) is 5.83. The summed E-state index contributed by atoms with van der Waals surface area (Å²) in [7, 11) is 1.60. The number of rotatable bonds is 5. The van der Waals surface area contributed by atoms with Gasteiger partial charge in [0.05, 0.1) is 7.11 Å². The molecule has 24 heavy (non-hydrogen) atoms. The van der Waals surface area contributed by atoms with Crippen molar-refractivity contribution >= 4 is 29.1 Å². The average Bonchev–Trinajstić information content (AvgIpc) is 2.54. The minimum Gasteiger partial charge on any atom is -0.497 e. The number of halogens is 1. The minimum atomic E-state index is -0.727. The molecular formula is C18H19ClN2O3. The highest BCUT2D eigenvalue weighted by Gasteiger charge is 2.16. The Morgan fingerprint density at radius 3 is 2.58 bits per heavy atom. The zero-order chi connectivity index (χ0) is 17.5. The molecule has 0 heterocycles. The summed E-state index contributed by atoms with van der Waals surface area (Å²) in [4.78, 5) is 23.9. The zero-order valence-corrected chi connectivity index (χ0v) is 14.3. The molecular weight excluding hydrogens is 328 g/mol. The summed E-state index contributed by atoms with van der Waals surface area (Å²) >= 11 is 5.85. The molecule has 0 saturated heterocycles. The van der Waals surface area contributed by atoms with Crippen LogP contribution in [0.3, 0.4) is 0 Å². The Kier molecular flexibility index (Phi) is 6.21. The third-order valence-corrected chi connectivity index (χ3v) is 3.58. The molecule has 2 aromatic carbocycles. The molecule has 0 saturated carbocycles. The normalized spacial score (nSPS) is 11.5. The Balaban J connectivity index is 1.89. The topological polar surface area (TPSA) is 67.4 Å². The van der Waals surface area contributed by atoms with Gasteiger partial charge in [-0.15, -0.1) is 0 Å². The van der Waals surface area contributed by atoms with Gasteiger partial charge in [0.1, 0.15) is 5.75 Å². The maximum atomic E-state index is 12.0. The summed E-state index contributed by atoms with van der Waals surface area (Å²) in [5.41, 5.74) is 1.49. The lowest BCUT2D eigenvalue weighted by molar-refractivity contribution is -0.136. The van der Waals surface area contributed by atoms with Crippen LogP contribution in [-0.2, 0) is 16.0 Å². The Bertz CT molecular complexity index is 734. The van der Waals surface area contributed by atoms with E-state index in [1.165, 1.54) is 0 Å². The van der Waals surface area contributed by atoms with Crippen molar-refractivity contribution in [1.29, 1.82) is 0 Å². The number of carbonyl (C=O) groups excluding carboxylic acids is 2. The molecule has 1 atom stereocenters. The molecule has 6 heteroatoms. The van der Waals surface area contributed by atoms with E-state index in [0.29, 0.717) is 17.1 Å². The monoisotopic (exact) mass is 346 g/mol. The van der Waals surface area contributed by atoms with Gasteiger partial charge in [0, 0.05) is 16.8 Å². The van der Waals surface area contributed by atoms with Crippen molar-refractivity contribution < 1.29 is 14.3 Å². The molecule has 0 bridgehead atoms. The van der Waals surface area contributed by atoms with Crippen molar-refractivity contribution in [3.05, 3.63) is 59.1 Å². The van der Waals surface area contributed by atoms with E-state index >= 15 is 0 Å². The van der Waals surface area contributed by atoms with E-state index in [-0.39, 0.29) is 6.04 Å². The van der Waals surface area contributed by atoms with E-state index in [0.717, 1.165) is 11.3 Å². The molecule has 2 aromatic rings. The van der Waals surface area contributed by atoms with Crippen LogP contribution in [0.25, 0.3) is 0 Å².